The molecule has 8 heteroatoms. The van der Waals surface area contributed by atoms with Gasteiger partial charge in [0.15, 0.2) is 5.82 Å². The van der Waals surface area contributed by atoms with Gasteiger partial charge in [0.05, 0.1) is 32.2 Å². The van der Waals surface area contributed by atoms with Gasteiger partial charge in [-0.15, -0.1) is 0 Å². The first-order chi connectivity index (χ1) is 9.79. The van der Waals surface area contributed by atoms with Crippen LogP contribution in [-0.4, -0.2) is 47.0 Å². The summed E-state index contributed by atoms with van der Waals surface area (Å²) in [6.45, 7) is 1.66. The van der Waals surface area contributed by atoms with Crippen molar-refractivity contribution in [3.8, 4) is 0 Å². The number of aromatic nitrogens is 4. The molecule has 0 radical (unpaired) electrons. The van der Waals surface area contributed by atoms with E-state index in [-0.39, 0.29) is 6.04 Å². The largest absolute Gasteiger partial charge is 0.382 e. The Kier molecular flexibility index (Phi) is 5.66. The molecular weight excluding hydrogens is 262 g/mol. The predicted molar refractivity (Wildman–Crippen MR) is 69.9 cm³/mol. The van der Waals surface area contributed by atoms with E-state index in [0.29, 0.717) is 44.4 Å². The van der Waals surface area contributed by atoms with Gasteiger partial charge in [0.1, 0.15) is 0 Å². The van der Waals surface area contributed by atoms with Gasteiger partial charge in [0.2, 0.25) is 5.89 Å². The van der Waals surface area contributed by atoms with Crippen LogP contribution in [0.3, 0.4) is 0 Å². The van der Waals surface area contributed by atoms with E-state index < -0.39 is 0 Å². The number of methoxy groups -OCH3 is 1. The molecule has 0 aliphatic rings. The number of nitrogens with zero attached hydrogens (tertiary/aromatic N) is 3. The lowest BCUT2D eigenvalue weighted by molar-refractivity contribution is 0.0714. The standard InChI is InChI=1S/C12H19N5O3/c1-18-4-5-19-3-2-11-16-12(20-17-11)10(13)6-9-7-14-8-15-9/h7-8,10H,2-6,13H2,1H3,(H,14,15)/t10-/m1/s1. The number of rotatable bonds is 9. The number of hydrogen-bond acceptors (Lipinski definition) is 7. The summed E-state index contributed by atoms with van der Waals surface area (Å²) in [4.78, 5) is 11.2. The van der Waals surface area contributed by atoms with Gasteiger partial charge in [-0.1, -0.05) is 5.16 Å². The number of hydrogen-bond donors (Lipinski definition) is 2. The highest BCUT2D eigenvalue weighted by molar-refractivity contribution is 5.02. The van der Waals surface area contributed by atoms with Crippen molar-refractivity contribution in [2.24, 2.45) is 5.73 Å². The van der Waals surface area contributed by atoms with Crippen LogP contribution in [0.2, 0.25) is 0 Å². The van der Waals surface area contributed by atoms with E-state index in [4.69, 9.17) is 19.7 Å². The van der Waals surface area contributed by atoms with E-state index in [2.05, 4.69) is 20.1 Å². The van der Waals surface area contributed by atoms with Gasteiger partial charge in [0.25, 0.3) is 0 Å². The van der Waals surface area contributed by atoms with Crippen LogP contribution in [0.4, 0.5) is 0 Å². The molecular formula is C12H19N5O3. The summed E-state index contributed by atoms with van der Waals surface area (Å²) in [5, 5.41) is 3.88. The van der Waals surface area contributed by atoms with Crippen LogP contribution < -0.4 is 5.73 Å². The lowest BCUT2D eigenvalue weighted by atomic mass is 10.2. The molecule has 0 fully saturated rings. The maximum atomic E-state index is 6.00. The van der Waals surface area contributed by atoms with E-state index in [0.717, 1.165) is 5.69 Å². The van der Waals surface area contributed by atoms with Gasteiger partial charge in [-0.2, -0.15) is 4.98 Å². The van der Waals surface area contributed by atoms with E-state index in [9.17, 15) is 0 Å². The van der Waals surface area contributed by atoms with Crippen LogP contribution in [0.25, 0.3) is 0 Å². The lowest BCUT2D eigenvalue weighted by Gasteiger charge is -2.03. The highest BCUT2D eigenvalue weighted by atomic mass is 16.5. The fraction of sp³-hybridized carbons (Fsp3) is 0.583. The Labute approximate surface area is 116 Å². The highest BCUT2D eigenvalue weighted by Crippen LogP contribution is 2.12. The van der Waals surface area contributed by atoms with Gasteiger partial charge in [-0.05, 0) is 0 Å². The predicted octanol–water partition coefficient (Wildman–Crippen LogP) is 0.241. The van der Waals surface area contributed by atoms with Gasteiger partial charge >= 0.3 is 0 Å². The second kappa shape index (κ2) is 7.73. The van der Waals surface area contributed by atoms with E-state index in [1.54, 1.807) is 19.6 Å². The van der Waals surface area contributed by atoms with Crippen LogP contribution in [0.1, 0.15) is 23.5 Å². The van der Waals surface area contributed by atoms with Crippen molar-refractivity contribution in [3.63, 3.8) is 0 Å². The molecule has 20 heavy (non-hydrogen) atoms. The topological polar surface area (TPSA) is 112 Å². The average molecular weight is 281 g/mol. The Hall–Kier alpha value is -1.77. The molecule has 2 aromatic rings. The molecule has 0 saturated heterocycles. The van der Waals surface area contributed by atoms with Crippen LogP contribution in [0.5, 0.6) is 0 Å². The van der Waals surface area contributed by atoms with Crippen molar-refractivity contribution < 1.29 is 14.0 Å². The summed E-state index contributed by atoms with van der Waals surface area (Å²) in [7, 11) is 1.63. The molecule has 2 rings (SSSR count). The minimum atomic E-state index is -0.342. The zero-order chi connectivity index (χ0) is 14.2. The summed E-state index contributed by atoms with van der Waals surface area (Å²) in [6.07, 6.45) is 4.50. The molecule has 0 aliphatic heterocycles. The third-order valence-corrected chi connectivity index (χ3v) is 2.70. The Morgan fingerprint density at radius 2 is 2.30 bits per heavy atom. The third kappa shape index (κ3) is 4.41. The van der Waals surface area contributed by atoms with Gasteiger partial charge in [0, 0.05) is 31.8 Å². The quantitative estimate of drug-likeness (QED) is 0.633. The molecule has 2 heterocycles. The van der Waals surface area contributed by atoms with Crippen LogP contribution >= 0.6 is 0 Å². The summed E-state index contributed by atoms with van der Waals surface area (Å²) >= 11 is 0. The van der Waals surface area contributed by atoms with Crippen LogP contribution in [0.15, 0.2) is 17.0 Å². The molecule has 3 N–H and O–H groups in total. The van der Waals surface area contributed by atoms with Crippen molar-refractivity contribution >= 4 is 0 Å². The first-order valence-electron chi connectivity index (χ1n) is 6.41. The molecule has 2 aromatic heterocycles. The zero-order valence-corrected chi connectivity index (χ0v) is 11.4. The first-order valence-corrected chi connectivity index (χ1v) is 6.41. The maximum Gasteiger partial charge on any atom is 0.243 e. The second-order valence-electron chi connectivity index (χ2n) is 4.29. The van der Waals surface area contributed by atoms with Crippen LogP contribution in [0, 0.1) is 0 Å². The van der Waals surface area contributed by atoms with Gasteiger partial charge < -0.3 is 24.7 Å². The minimum Gasteiger partial charge on any atom is -0.382 e. The zero-order valence-electron chi connectivity index (χ0n) is 11.4. The Morgan fingerprint density at radius 3 is 3.05 bits per heavy atom. The molecule has 8 nitrogen and oxygen atoms in total. The van der Waals surface area contributed by atoms with Gasteiger partial charge in [-0.25, -0.2) is 4.98 Å². The normalized spacial score (nSPS) is 12.7. The summed E-state index contributed by atoms with van der Waals surface area (Å²) in [6, 6.07) is -0.342. The van der Waals surface area contributed by atoms with Crippen molar-refractivity contribution in [3.05, 3.63) is 29.9 Å². The number of aromatic amines is 1. The van der Waals surface area contributed by atoms with Gasteiger partial charge in [-0.3, -0.25) is 0 Å². The molecule has 0 saturated carbocycles. The molecule has 0 amide bonds. The molecule has 0 aromatic carbocycles. The first kappa shape index (κ1) is 14.6. The Bertz CT molecular complexity index is 485. The molecule has 0 bridgehead atoms. The number of nitrogens with one attached hydrogen (secondary N) is 1. The van der Waals surface area contributed by atoms with Crippen molar-refractivity contribution in [1.82, 2.24) is 20.1 Å². The van der Waals surface area contributed by atoms with E-state index in [1.165, 1.54) is 0 Å². The van der Waals surface area contributed by atoms with Crippen molar-refractivity contribution in [2.75, 3.05) is 26.9 Å². The number of ether oxygens (including phenoxy) is 2. The Morgan fingerprint density at radius 1 is 1.40 bits per heavy atom. The molecule has 0 aliphatic carbocycles. The number of nitrogens with two attached hydrogens (primary N) is 1. The van der Waals surface area contributed by atoms with Crippen LogP contribution in [-0.2, 0) is 22.3 Å². The Balaban J connectivity index is 1.76. The SMILES string of the molecule is COCCOCCc1noc([C@H](N)Cc2cnc[nH]2)n1. The second-order valence-corrected chi connectivity index (χ2v) is 4.29. The smallest absolute Gasteiger partial charge is 0.243 e. The fourth-order valence-electron chi connectivity index (χ4n) is 1.65. The monoisotopic (exact) mass is 281 g/mol. The average Bonchev–Trinajstić information content (AvgIpc) is 3.09. The lowest BCUT2D eigenvalue weighted by Crippen LogP contribution is -2.14. The maximum absolute atomic E-state index is 6.00. The summed E-state index contributed by atoms with van der Waals surface area (Å²) < 4.78 is 15.4. The molecule has 0 spiro atoms. The van der Waals surface area contributed by atoms with Crippen molar-refractivity contribution in [1.29, 1.82) is 0 Å². The summed E-state index contributed by atoms with van der Waals surface area (Å²) in [5.41, 5.74) is 6.93. The minimum absolute atomic E-state index is 0.342. The number of imidazole rings is 1. The summed E-state index contributed by atoms with van der Waals surface area (Å²) in [5.74, 6) is 1.02. The van der Waals surface area contributed by atoms with Crippen molar-refractivity contribution in [2.45, 2.75) is 18.9 Å². The fourth-order valence-corrected chi connectivity index (χ4v) is 1.65. The molecule has 1 atom stereocenters. The van der Waals surface area contributed by atoms with E-state index >= 15 is 0 Å². The number of H-pyrrole nitrogens is 1. The molecule has 0 unspecified atom stereocenters. The van der Waals surface area contributed by atoms with E-state index in [1.807, 2.05) is 0 Å². The highest BCUT2D eigenvalue weighted by Gasteiger charge is 2.15. The molecule has 110 valence electrons. The third-order valence-electron chi connectivity index (χ3n) is 2.70.